The molecule has 0 radical (unpaired) electrons. The Hall–Kier alpha value is -1.07. The third-order valence-corrected chi connectivity index (χ3v) is 15.1. The van der Waals surface area contributed by atoms with Gasteiger partial charge in [-0.15, -0.1) is 0 Å². The van der Waals surface area contributed by atoms with Crippen molar-refractivity contribution < 1.29 is 39.8 Å². The van der Waals surface area contributed by atoms with Gasteiger partial charge in [-0.05, 0) is 38.5 Å². The number of hydrogen-bond acceptors (Lipinski definition) is 8. The van der Waals surface area contributed by atoms with Crippen molar-refractivity contribution in [2.45, 2.75) is 358 Å². The molecule has 1 amide bonds. The quantitative estimate of drug-likeness (QED) is 0.0261. The van der Waals surface area contributed by atoms with Crippen molar-refractivity contribution >= 4 is 5.91 Å². The third-order valence-electron chi connectivity index (χ3n) is 15.1. The molecule has 1 heterocycles. The van der Waals surface area contributed by atoms with E-state index in [-0.39, 0.29) is 12.5 Å². The standard InChI is InChI=1S/C61H119NO8/c1-3-5-7-9-11-13-15-17-19-21-23-25-26-27-28-29-31-32-34-36-38-40-42-44-46-48-50-55(64)54(53-69-61-60(68)59(67)58(66)56(52-63)70-61)62-57(65)51-49-47-45-43-41-39-37-35-33-30-24-22-20-18-16-14-12-10-8-6-4-2/h22,24,54-56,58-61,63-64,66-68H,3-21,23,25-53H2,1-2H3,(H,62,65)/b24-22-. The first kappa shape index (κ1) is 66.9. The van der Waals surface area contributed by atoms with Crippen LogP contribution in [0, 0.1) is 0 Å². The summed E-state index contributed by atoms with van der Waals surface area (Å²) in [5.41, 5.74) is 0. The molecule has 1 fully saturated rings. The second-order valence-electron chi connectivity index (χ2n) is 21.9. The van der Waals surface area contributed by atoms with Crippen molar-refractivity contribution in [2.24, 2.45) is 0 Å². The number of rotatable bonds is 54. The zero-order chi connectivity index (χ0) is 50.8. The maximum atomic E-state index is 13.1. The van der Waals surface area contributed by atoms with Crippen molar-refractivity contribution in [1.82, 2.24) is 5.32 Å². The number of aliphatic hydroxyl groups is 5. The first-order chi connectivity index (χ1) is 34.3. The van der Waals surface area contributed by atoms with Crippen molar-refractivity contribution in [1.29, 1.82) is 0 Å². The van der Waals surface area contributed by atoms with Crippen LogP contribution >= 0.6 is 0 Å². The molecule has 0 aromatic rings. The topological polar surface area (TPSA) is 149 Å². The van der Waals surface area contributed by atoms with E-state index >= 15 is 0 Å². The van der Waals surface area contributed by atoms with Gasteiger partial charge in [-0.1, -0.05) is 283 Å². The number of carbonyl (C=O) groups is 1. The predicted octanol–water partition coefficient (Wildman–Crippen LogP) is 15.6. The van der Waals surface area contributed by atoms with Crippen LogP contribution in [0.1, 0.15) is 316 Å². The highest BCUT2D eigenvalue weighted by Gasteiger charge is 2.44. The summed E-state index contributed by atoms with van der Waals surface area (Å²) in [5.74, 6) is -0.140. The Labute approximate surface area is 433 Å². The number of allylic oxidation sites excluding steroid dienone is 2. The van der Waals surface area contributed by atoms with E-state index in [4.69, 9.17) is 9.47 Å². The Morgan fingerprint density at radius 2 is 0.800 bits per heavy atom. The lowest BCUT2D eigenvalue weighted by atomic mass is 9.99. The third kappa shape index (κ3) is 40.3. The van der Waals surface area contributed by atoms with Crippen LogP contribution in [0.15, 0.2) is 12.2 Å². The second kappa shape index (κ2) is 51.4. The van der Waals surface area contributed by atoms with Crippen molar-refractivity contribution in [3.05, 3.63) is 12.2 Å². The Morgan fingerprint density at radius 1 is 0.471 bits per heavy atom. The molecule has 6 N–H and O–H groups in total. The van der Waals surface area contributed by atoms with Crippen LogP contribution in [-0.2, 0) is 14.3 Å². The highest BCUT2D eigenvalue weighted by Crippen LogP contribution is 2.23. The molecule has 9 heteroatoms. The molecule has 0 bridgehead atoms. The minimum atomic E-state index is -1.55. The molecule has 7 atom stereocenters. The van der Waals surface area contributed by atoms with E-state index in [9.17, 15) is 30.3 Å². The SMILES string of the molecule is CCCCCCCCCC/C=C\CCCCCCCCCCCC(=O)NC(COC1OC(CO)C(O)C(O)C1O)C(O)CCCCCCCCCCCCCCCCCCCCCCCCCCCC. The molecule has 0 spiro atoms. The van der Waals surface area contributed by atoms with Gasteiger partial charge >= 0.3 is 0 Å². The molecule has 0 aromatic heterocycles. The molecule has 70 heavy (non-hydrogen) atoms. The number of amides is 1. The Morgan fingerprint density at radius 3 is 1.16 bits per heavy atom. The van der Waals surface area contributed by atoms with Gasteiger partial charge in [0, 0.05) is 6.42 Å². The number of hydrogen-bond donors (Lipinski definition) is 6. The maximum absolute atomic E-state index is 13.1. The molecule has 1 saturated heterocycles. The average molecular weight is 995 g/mol. The minimum Gasteiger partial charge on any atom is -0.394 e. The van der Waals surface area contributed by atoms with Crippen LogP contribution < -0.4 is 5.32 Å². The summed E-state index contributed by atoms with van der Waals surface area (Å²) in [6, 6.07) is -0.718. The van der Waals surface area contributed by atoms with Gasteiger partial charge in [-0.3, -0.25) is 4.79 Å². The van der Waals surface area contributed by atoms with Crippen LogP contribution in [0.5, 0.6) is 0 Å². The van der Waals surface area contributed by atoms with Crippen LogP contribution in [0.4, 0.5) is 0 Å². The number of carbonyl (C=O) groups excluding carboxylic acids is 1. The van der Waals surface area contributed by atoms with Gasteiger partial charge in [-0.25, -0.2) is 0 Å². The zero-order valence-electron chi connectivity index (χ0n) is 46.3. The van der Waals surface area contributed by atoms with Crippen molar-refractivity contribution in [2.75, 3.05) is 13.2 Å². The fourth-order valence-electron chi connectivity index (χ4n) is 10.2. The molecule has 1 aliphatic heterocycles. The summed E-state index contributed by atoms with van der Waals surface area (Å²) in [5, 5.41) is 54.8. The van der Waals surface area contributed by atoms with E-state index in [0.29, 0.717) is 12.8 Å². The number of ether oxygens (including phenoxy) is 2. The Bertz CT molecular complexity index is 1110. The van der Waals surface area contributed by atoms with E-state index in [2.05, 4.69) is 31.3 Å². The fraction of sp³-hybridized carbons (Fsp3) is 0.951. The summed E-state index contributed by atoms with van der Waals surface area (Å²) in [7, 11) is 0. The van der Waals surface area contributed by atoms with Crippen molar-refractivity contribution in [3.8, 4) is 0 Å². The lowest BCUT2D eigenvalue weighted by molar-refractivity contribution is -0.302. The Balaban J connectivity index is 2.17. The largest absolute Gasteiger partial charge is 0.394 e. The van der Waals surface area contributed by atoms with Gasteiger partial charge in [0.25, 0.3) is 0 Å². The van der Waals surface area contributed by atoms with Gasteiger partial charge < -0.3 is 40.3 Å². The molecule has 9 nitrogen and oxygen atoms in total. The summed E-state index contributed by atoms with van der Waals surface area (Å²) in [4.78, 5) is 13.1. The second-order valence-corrected chi connectivity index (χ2v) is 21.9. The number of nitrogens with one attached hydrogen (secondary N) is 1. The predicted molar refractivity (Wildman–Crippen MR) is 295 cm³/mol. The van der Waals surface area contributed by atoms with Gasteiger partial charge in [-0.2, -0.15) is 0 Å². The Kier molecular flexibility index (Phi) is 49.2. The number of unbranched alkanes of at least 4 members (excludes halogenated alkanes) is 42. The van der Waals surface area contributed by atoms with Gasteiger partial charge in [0.15, 0.2) is 6.29 Å². The first-order valence-electron chi connectivity index (χ1n) is 30.9. The molecular weight excluding hydrogens is 875 g/mol. The van der Waals surface area contributed by atoms with E-state index in [0.717, 1.165) is 38.5 Å². The van der Waals surface area contributed by atoms with E-state index in [1.165, 1.54) is 250 Å². The molecule has 7 unspecified atom stereocenters. The zero-order valence-corrected chi connectivity index (χ0v) is 46.3. The lowest BCUT2D eigenvalue weighted by Crippen LogP contribution is -2.60. The summed E-state index contributed by atoms with van der Waals surface area (Å²) in [6.45, 7) is 3.88. The summed E-state index contributed by atoms with van der Waals surface area (Å²) in [6.07, 6.45) is 56.8. The maximum Gasteiger partial charge on any atom is 0.220 e. The van der Waals surface area contributed by atoms with Crippen LogP contribution in [0.3, 0.4) is 0 Å². The smallest absolute Gasteiger partial charge is 0.220 e. The monoisotopic (exact) mass is 994 g/mol. The number of aliphatic hydroxyl groups excluding tert-OH is 5. The average Bonchev–Trinajstić information content (AvgIpc) is 3.36. The first-order valence-corrected chi connectivity index (χ1v) is 30.9. The molecule has 1 rings (SSSR count). The van der Waals surface area contributed by atoms with Gasteiger partial charge in [0.05, 0.1) is 25.4 Å². The van der Waals surface area contributed by atoms with E-state index < -0.39 is 49.5 Å². The molecule has 1 aliphatic rings. The fourth-order valence-corrected chi connectivity index (χ4v) is 10.2. The normalized spacial score (nSPS) is 19.3. The van der Waals surface area contributed by atoms with Crippen molar-refractivity contribution in [3.63, 3.8) is 0 Å². The van der Waals surface area contributed by atoms with Gasteiger partial charge in [0.1, 0.15) is 24.4 Å². The van der Waals surface area contributed by atoms with Crippen LogP contribution in [-0.4, -0.2) is 87.5 Å². The highest BCUT2D eigenvalue weighted by molar-refractivity contribution is 5.76. The molecule has 0 aliphatic carbocycles. The molecule has 0 saturated carbocycles. The molecule has 0 aromatic carbocycles. The van der Waals surface area contributed by atoms with Crippen LogP contribution in [0.2, 0.25) is 0 Å². The lowest BCUT2D eigenvalue weighted by Gasteiger charge is -2.40. The van der Waals surface area contributed by atoms with E-state index in [1.807, 2.05) is 0 Å². The van der Waals surface area contributed by atoms with E-state index in [1.54, 1.807) is 0 Å². The molecular formula is C61H119NO8. The summed E-state index contributed by atoms with van der Waals surface area (Å²) >= 11 is 0. The van der Waals surface area contributed by atoms with Gasteiger partial charge in [0.2, 0.25) is 5.91 Å². The minimum absolute atomic E-state index is 0.134. The highest BCUT2D eigenvalue weighted by atomic mass is 16.7. The van der Waals surface area contributed by atoms with Crippen LogP contribution in [0.25, 0.3) is 0 Å². The summed E-state index contributed by atoms with van der Waals surface area (Å²) < 4.78 is 11.3. The molecule has 416 valence electrons.